The van der Waals surface area contributed by atoms with E-state index in [2.05, 4.69) is 4.90 Å². The number of aromatic nitrogens is 4. The zero-order valence-electron chi connectivity index (χ0n) is 24.2. The number of methoxy groups -OCH3 is 1. The second-order valence-electron chi connectivity index (χ2n) is 11.1. The average molecular weight is 564 g/mol. The van der Waals surface area contributed by atoms with E-state index in [1.54, 1.807) is 25.4 Å². The van der Waals surface area contributed by atoms with Crippen molar-refractivity contribution >= 4 is 40.4 Å². The predicted molar refractivity (Wildman–Crippen MR) is 164 cm³/mol. The van der Waals surface area contributed by atoms with Gasteiger partial charge in [0.15, 0.2) is 5.65 Å². The Bertz CT molecular complexity index is 1780. The number of hydrogen-bond donors (Lipinski definition) is 0. The Labute approximate surface area is 244 Å². The molecule has 5 aromatic rings. The van der Waals surface area contributed by atoms with Gasteiger partial charge in [0.1, 0.15) is 22.7 Å². The van der Waals surface area contributed by atoms with Crippen molar-refractivity contribution in [3.8, 4) is 17.0 Å². The smallest absolute Gasteiger partial charge is 0.338 e. The van der Waals surface area contributed by atoms with Crippen LogP contribution in [0.25, 0.3) is 40.0 Å². The first kappa shape index (κ1) is 27.4. The van der Waals surface area contributed by atoms with Gasteiger partial charge in [-0.2, -0.15) is 5.10 Å². The molecule has 0 saturated carbocycles. The molecule has 0 atom stereocenters. The molecule has 1 saturated heterocycles. The molecule has 9 nitrogen and oxygen atoms in total. The van der Waals surface area contributed by atoms with Gasteiger partial charge < -0.3 is 19.1 Å². The molecule has 6 rings (SSSR count). The zero-order valence-corrected chi connectivity index (χ0v) is 24.2. The van der Waals surface area contributed by atoms with Gasteiger partial charge >= 0.3 is 5.97 Å². The Morgan fingerprint density at radius 2 is 1.69 bits per heavy atom. The van der Waals surface area contributed by atoms with Crippen LogP contribution >= 0.6 is 0 Å². The lowest BCUT2D eigenvalue weighted by Gasteiger charge is -2.28. The second kappa shape index (κ2) is 11.3. The van der Waals surface area contributed by atoms with Gasteiger partial charge in [0, 0.05) is 24.0 Å². The number of benzene rings is 2. The second-order valence-corrected chi connectivity index (χ2v) is 11.1. The van der Waals surface area contributed by atoms with Gasteiger partial charge in [-0.25, -0.2) is 19.3 Å². The molecule has 0 radical (unpaired) electrons. The van der Waals surface area contributed by atoms with Crippen LogP contribution in [-0.2, 0) is 9.47 Å². The molecule has 0 N–H and O–H groups in total. The van der Waals surface area contributed by atoms with E-state index in [9.17, 15) is 4.79 Å². The maximum atomic E-state index is 12.7. The van der Waals surface area contributed by atoms with E-state index in [-0.39, 0.29) is 5.97 Å². The molecule has 0 unspecified atom stereocenters. The van der Waals surface area contributed by atoms with E-state index < -0.39 is 5.60 Å². The number of para-hydroxylation sites is 1. The van der Waals surface area contributed by atoms with Gasteiger partial charge in [0.25, 0.3) is 0 Å². The number of morpholine rings is 1. The Kier molecular flexibility index (Phi) is 7.34. The van der Waals surface area contributed by atoms with Gasteiger partial charge in [-0.15, -0.1) is 0 Å². The van der Waals surface area contributed by atoms with E-state index >= 15 is 0 Å². The molecule has 0 amide bonds. The van der Waals surface area contributed by atoms with Crippen molar-refractivity contribution in [2.75, 3.05) is 38.3 Å². The van der Waals surface area contributed by atoms with Gasteiger partial charge in [0.2, 0.25) is 0 Å². The summed E-state index contributed by atoms with van der Waals surface area (Å²) in [6, 6.07) is 19.3. The van der Waals surface area contributed by atoms with Crippen LogP contribution in [0.3, 0.4) is 0 Å². The highest BCUT2D eigenvalue weighted by Gasteiger charge is 2.22. The number of esters is 1. The molecule has 0 aliphatic carbocycles. The molecule has 2 aromatic carbocycles. The lowest BCUT2D eigenvalue weighted by atomic mass is 10.1. The molecule has 3 aromatic heterocycles. The Balaban J connectivity index is 1.46. The van der Waals surface area contributed by atoms with E-state index in [0.29, 0.717) is 35.9 Å². The minimum absolute atomic E-state index is 0.366. The largest absolute Gasteiger partial charge is 0.494 e. The predicted octanol–water partition coefficient (Wildman–Crippen LogP) is 5.92. The molecular weight excluding hydrogens is 530 g/mol. The monoisotopic (exact) mass is 563 g/mol. The Morgan fingerprint density at radius 3 is 2.43 bits per heavy atom. The van der Waals surface area contributed by atoms with Crippen molar-refractivity contribution in [2.24, 2.45) is 0 Å². The number of fused-ring (bicyclic) bond motifs is 2. The highest BCUT2D eigenvalue weighted by atomic mass is 16.6. The zero-order chi connectivity index (χ0) is 29.3. The molecule has 42 heavy (non-hydrogen) atoms. The van der Waals surface area contributed by atoms with Gasteiger partial charge in [-0.3, -0.25) is 0 Å². The summed E-state index contributed by atoms with van der Waals surface area (Å²) in [7, 11) is 1.64. The first-order chi connectivity index (χ1) is 20.3. The van der Waals surface area contributed by atoms with Crippen LogP contribution in [-0.4, -0.2) is 64.6 Å². The third-order valence-corrected chi connectivity index (χ3v) is 7.01. The van der Waals surface area contributed by atoms with Crippen LogP contribution < -0.4 is 9.64 Å². The number of hydrogen-bond acceptors (Lipinski definition) is 8. The van der Waals surface area contributed by atoms with Gasteiger partial charge in [-0.05, 0) is 63.3 Å². The number of nitrogens with zero attached hydrogens (tertiary/aromatic N) is 5. The highest BCUT2D eigenvalue weighted by Crippen LogP contribution is 2.32. The van der Waals surface area contributed by atoms with Crippen molar-refractivity contribution < 1.29 is 19.0 Å². The van der Waals surface area contributed by atoms with Crippen LogP contribution in [0.15, 0.2) is 66.9 Å². The molecule has 1 aliphatic rings. The molecular formula is C33H33N5O4. The maximum Gasteiger partial charge on any atom is 0.338 e. The van der Waals surface area contributed by atoms with Crippen molar-refractivity contribution in [1.82, 2.24) is 19.6 Å². The molecule has 9 heteroatoms. The van der Waals surface area contributed by atoms with Crippen molar-refractivity contribution in [3.63, 3.8) is 0 Å². The standard InChI is InChI=1S/C33H33N5O4/c1-33(2,3)42-32(39)23-11-9-22(10-12-23)30-27(14-13-26-29(40-4)21-24-7-5-6-8-25(24)35-26)36-31-28(15-16-34-38(30)31)37-17-19-41-20-18-37/h5-16,21H,17-20H2,1-4H3. The number of pyridine rings is 1. The number of anilines is 1. The topological polar surface area (TPSA) is 91.1 Å². The summed E-state index contributed by atoms with van der Waals surface area (Å²) >= 11 is 0. The number of carbonyl (C=O) groups is 1. The van der Waals surface area contributed by atoms with E-state index in [1.807, 2.05) is 86.0 Å². The van der Waals surface area contributed by atoms with Crippen molar-refractivity contribution in [2.45, 2.75) is 26.4 Å². The van der Waals surface area contributed by atoms with Crippen molar-refractivity contribution in [1.29, 1.82) is 0 Å². The highest BCUT2D eigenvalue weighted by molar-refractivity contribution is 5.91. The van der Waals surface area contributed by atoms with Crippen LogP contribution in [0.4, 0.5) is 5.69 Å². The summed E-state index contributed by atoms with van der Waals surface area (Å²) in [6.07, 6.45) is 5.65. The summed E-state index contributed by atoms with van der Waals surface area (Å²) in [6.45, 7) is 8.43. The molecule has 0 spiro atoms. The quantitative estimate of drug-likeness (QED) is 0.235. The summed E-state index contributed by atoms with van der Waals surface area (Å²) in [5.74, 6) is 0.304. The molecule has 0 bridgehead atoms. The summed E-state index contributed by atoms with van der Waals surface area (Å²) in [4.78, 5) is 24.8. The molecule has 1 fully saturated rings. The minimum Gasteiger partial charge on any atom is -0.494 e. The third-order valence-electron chi connectivity index (χ3n) is 7.01. The minimum atomic E-state index is -0.576. The van der Waals surface area contributed by atoms with E-state index in [0.717, 1.165) is 46.6 Å². The first-order valence-electron chi connectivity index (χ1n) is 14.0. The Hall–Kier alpha value is -4.76. The van der Waals surface area contributed by atoms with Crippen LogP contribution in [0.1, 0.15) is 42.5 Å². The number of rotatable bonds is 6. The third kappa shape index (κ3) is 5.56. The normalized spacial score (nSPS) is 14.1. The maximum absolute atomic E-state index is 12.7. The number of imidazole rings is 1. The van der Waals surface area contributed by atoms with Crippen molar-refractivity contribution in [3.05, 3.63) is 83.8 Å². The summed E-state index contributed by atoms with van der Waals surface area (Å²) in [5, 5.41) is 5.70. The molecule has 4 heterocycles. The van der Waals surface area contributed by atoms with Crippen LogP contribution in [0, 0.1) is 0 Å². The summed E-state index contributed by atoms with van der Waals surface area (Å²) in [5.41, 5.74) is 5.57. The van der Waals surface area contributed by atoms with E-state index in [4.69, 9.17) is 29.3 Å². The fourth-order valence-electron chi connectivity index (χ4n) is 5.04. The number of carbonyl (C=O) groups excluding carboxylic acids is 1. The van der Waals surface area contributed by atoms with Gasteiger partial charge in [0.05, 0.1) is 49.0 Å². The van der Waals surface area contributed by atoms with Crippen LogP contribution in [0.2, 0.25) is 0 Å². The lowest BCUT2D eigenvalue weighted by molar-refractivity contribution is 0.00695. The lowest BCUT2D eigenvalue weighted by Crippen LogP contribution is -2.36. The van der Waals surface area contributed by atoms with Gasteiger partial charge in [-0.1, -0.05) is 30.3 Å². The fourth-order valence-corrected chi connectivity index (χ4v) is 5.04. The van der Waals surface area contributed by atoms with Crippen LogP contribution in [0.5, 0.6) is 5.75 Å². The average Bonchev–Trinajstić information content (AvgIpc) is 3.37. The molecule has 1 aliphatic heterocycles. The number of ether oxygens (including phenoxy) is 3. The SMILES string of the molecule is COc1cc2ccccc2nc1C=Cc1nc2c(N3CCOCC3)ccnn2c1-c1ccc(C(=O)OC(C)(C)C)cc1. The molecule has 214 valence electrons. The fraction of sp³-hybridized carbons (Fsp3) is 0.273. The Morgan fingerprint density at radius 1 is 0.952 bits per heavy atom. The summed E-state index contributed by atoms with van der Waals surface area (Å²) < 4.78 is 18.7. The first-order valence-corrected chi connectivity index (χ1v) is 14.0. The van der Waals surface area contributed by atoms with E-state index in [1.165, 1.54) is 0 Å².